The Hall–Kier alpha value is -2.33. The van der Waals surface area contributed by atoms with E-state index >= 15 is 0 Å². The number of ether oxygens (including phenoxy) is 1. The van der Waals surface area contributed by atoms with Crippen molar-refractivity contribution in [3.63, 3.8) is 0 Å². The van der Waals surface area contributed by atoms with Crippen LogP contribution in [-0.2, 0) is 6.54 Å². The number of aliphatic hydroxyl groups is 1. The quantitative estimate of drug-likeness (QED) is 0.711. The van der Waals surface area contributed by atoms with E-state index in [1.165, 1.54) is 32.1 Å². The predicted molar refractivity (Wildman–Crippen MR) is 104 cm³/mol. The summed E-state index contributed by atoms with van der Waals surface area (Å²) in [6.45, 7) is 0.791. The van der Waals surface area contributed by atoms with Crippen molar-refractivity contribution < 1.29 is 9.84 Å². The van der Waals surface area contributed by atoms with Gasteiger partial charge in [0, 0.05) is 5.92 Å². The zero-order chi connectivity index (χ0) is 17.8. The molecule has 0 radical (unpaired) electrons. The van der Waals surface area contributed by atoms with Crippen molar-refractivity contribution in [2.45, 2.75) is 50.7 Å². The molecule has 1 aromatic heterocycles. The van der Waals surface area contributed by atoms with Crippen molar-refractivity contribution in [1.82, 2.24) is 9.55 Å². The fraction of sp³-hybridized carbons (Fsp3) is 0.409. The van der Waals surface area contributed by atoms with Crippen LogP contribution in [0.25, 0.3) is 11.0 Å². The molecular weight excluding hydrogens is 324 g/mol. The van der Waals surface area contributed by atoms with Crippen molar-refractivity contribution >= 4 is 11.0 Å². The SMILES string of the molecule is OC(COc1ccccc1)Cn1c(C2CCCCC2)nc2ccccc21. The van der Waals surface area contributed by atoms with Crippen molar-refractivity contribution in [1.29, 1.82) is 0 Å². The highest BCUT2D eigenvalue weighted by Gasteiger charge is 2.23. The first-order valence-electron chi connectivity index (χ1n) is 9.62. The summed E-state index contributed by atoms with van der Waals surface area (Å²) in [5.41, 5.74) is 2.12. The topological polar surface area (TPSA) is 47.3 Å². The molecule has 1 atom stereocenters. The summed E-state index contributed by atoms with van der Waals surface area (Å²) in [7, 11) is 0. The van der Waals surface area contributed by atoms with Gasteiger partial charge >= 0.3 is 0 Å². The molecule has 26 heavy (non-hydrogen) atoms. The zero-order valence-corrected chi connectivity index (χ0v) is 15.1. The number of nitrogens with zero attached hydrogens (tertiary/aromatic N) is 2. The molecule has 0 aliphatic heterocycles. The number of hydrogen-bond donors (Lipinski definition) is 1. The smallest absolute Gasteiger partial charge is 0.119 e. The Balaban J connectivity index is 1.54. The standard InChI is InChI=1S/C22H26N2O2/c25-18(16-26-19-11-5-2-6-12-19)15-24-21-14-8-7-13-20(21)23-22(24)17-9-3-1-4-10-17/h2,5-8,11-14,17-18,25H,1,3-4,9-10,15-16H2. The van der Waals surface area contributed by atoms with E-state index in [4.69, 9.17) is 9.72 Å². The molecule has 1 fully saturated rings. The molecule has 1 saturated carbocycles. The van der Waals surface area contributed by atoms with E-state index in [1.54, 1.807) is 0 Å². The van der Waals surface area contributed by atoms with Gasteiger partial charge in [-0.25, -0.2) is 4.98 Å². The highest BCUT2D eigenvalue weighted by atomic mass is 16.5. The van der Waals surface area contributed by atoms with Gasteiger partial charge in [-0.1, -0.05) is 49.6 Å². The molecule has 4 rings (SSSR count). The average molecular weight is 350 g/mol. The summed E-state index contributed by atoms with van der Waals surface area (Å²) in [6.07, 6.45) is 5.68. The summed E-state index contributed by atoms with van der Waals surface area (Å²) in [5, 5.41) is 10.6. The van der Waals surface area contributed by atoms with E-state index in [2.05, 4.69) is 16.7 Å². The largest absolute Gasteiger partial charge is 0.491 e. The van der Waals surface area contributed by atoms with Crippen LogP contribution in [-0.4, -0.2) is 27.4 Å². The first-order chi connectivity index (χ1) is 12.8. The fourth-order valence-corrected chi connectivity index (χ4v) is 3.93. The van der Waals surface area contributed by atoms with Gasteiger partial charge in [0.25, 0.3) is 0 Å². The third kappa shape index (κ3) is 3.75. The lowest BCUT2D eigenvalue weighted by Crippen LogP contribution is -2.25. The second-order valence-corrected chi connectivity index (χ2v) is 7.18. The molecule has 136 valence electrons. The van der Waals surface area contributed by atoms with Gasteiger partial charge in [0.2, 0.25) is 0 Å². The number of rotatable bonds is 6. The van der Waals surface area contributed by atoms with E-state index in [-0.39, 0.29) is 6.61 Å². The highest BCUT2D eigenvalue weighted by Crippen LogP contribution is 2.34. The van der Waals surface area contributed by atoms with Crippen molar-refractivity contribution in [3.05, 3.63) is 60.4 Å². The lowest BCUT2D eigenvalue weighted by atomic mass is 9.88. The van der Waals surface area contributed by atoms with Gasteiger partial charge in [0.1, 0.15) is 24.3 Å². The fourth-order valence-electron chi connectivity index (χ4n) is 3.93. The lowest BCUT2D eigenvalue weighted by Gasteiger charge is -2.23. The zero-order valence-electron chi connectivity index (χ0n) is 15.1. The van der Waals surface area contributed by atoms with E-state index in [9.17, 15) is 5.11 Å². The Kier molecular flexibility index (Phi) is 5.21. The molecule has 0 spiro atoms. The van der Waals surface area contributed by atoms with Crippen LogP contribution < -0.4 is 4.74 Å². The molecule has 3 aromatic rings. The van der Waals surface area contributed by atoms with Crippen LogP contribution in [0.2, 0.25) is 0 Å². The van der Waals surface area contributed by atoms with E-state index in [0.29, 0.717) is 12.5 Å². The summed E-state index contributed by atoms with van der Waals surface area (Å²) in [6, 6.07) is 17.9. The second kappa shape index (κ2) is 7.92. The number of hydrogen-bond acceptors (Lipinski definition) is 3. The summed E-state index contributed by atoms with van der Waals surface area (Å²) in [4.78, 5) is 4.92. The number of aromatic nitrogens is 2. The maximum Gasteiger partial charge on any atom is 0.119 e. The molecule has 4 heteroatoms. The molecule has 1 N–H and O–H groups in total. The molecule has 0 saturated heterocycles. The van der Waals surface area contributed by atoms with Gasteiger partial charge < -0.3 is 14.4 Å². The van der Waals surface area contributed by atoms with Crippen LogP contribution in [0.5, 0.6) is 5.75 Å². The Morgan fingerprint density at radius 2 is 1.73 bits per heavy atom. The van der Waals surface area contributed by atoms with Gasteiger partial charge in [-0.05, 0) is 37.1 Å². The predicted octanol–water partition coefficient (Wildman–Crippen LogP) is 4.52. The number of para-hydroxylation sites is 3. The molecule has 1 unspecified atom stereocenters. The molecule has 1 aliphatic rings. The van der Waals surface area contributed by atoms with Crippen LogP contribution in [0.15, 0.2) is 54.6 Å². The van der Waals surface area contributed by atoms with Crippen LogP contribution in [0, 0.1) is 0 Å². The van der Waals surface area contributed by atoms with Crippen LogP contribution in [0.4, 0.5) is 0 Å². The first-order valence-corrected chi connectivity index (χ1v) is 9.62. The molecule has 0 amide bonds. The minimum absolute atomic E-state index is 0.278. The van der Waals surface area contributed by atoms with Gasteiger partial charge in [-0.15, -0.1) is 0 Å². The summed E-state index contributed by atoms with van der Waals surface area (Å²) < 4.78 is 7.94. The summed E-state index contributed by atoms with van der Waals surface area (Å²) >= 11 is 0. The molecule has 1 heterocycles. The highest BCUT2D eigenvalue weighted by molar-refractivity contribution is 5.76. The Morgan fingerprint density at radius 1 is 1.00 bits per heavy atom. The third-order valence-electron chi connectivity index (χ3n) is 5.23. The lowest BCUT2D eigenvalue weighted by molar-refractivity contribution is 0.0922. The summed E-state index contributed by atoms with van der Waals surface area (Å²) in [5.74, 6) is 2.41. The molecule has 1 aliphatic carbocycles. The van der Waals surface area contributed by atoms with Crippen LogP contribution in [0.1, 0.15) is 43.8 Å². The van der Waals surface area contributed by atoms with Gasteiger partial charge in [-0.2, -0.15) is 0 Å². The monoisotopic (exact) mass is 350 g/mol. The third-order valence-corrected chi connectivity index (χ3v) is 5.23. The minimum atomic E-state index is -0.574. The van der Waals surface area contributed by atoms with Crippen LogP contribution in [0.3, 0.4) is 0 Å². The average Bonchev–Trinajstić information content (AvgIpc) is 3.06. The normalized spacial score (nSPS) is 16.7. The van der Waals surface area contributed by atoms with E-state index < -0.39 is 6.10 Å². The Morgan fingerprint density at radius 3 is 2.54 bits per heavy atom. The molecule has 2 aromatic carbocycles. The Bertz CT molecular complexity index is 838. The number of fused-ring (bicyclic) bond motifs is 1. The second-order valence-electron chi connectivity index (χ2n) is 7.18. The van der Waals surface area contributed by atoms with Crippen LogP contribution >= 0.6 is 0 Å². The number of benzene rings is 2. The van der Waals surface area contributed by atoms with Crippen molar-refractivity contribution in [2.75, 3.05) is 6.61 Å². The molecule has 0 bridgehead atoms. The molecular formula is C22H26N2O2. The minimum Gasteiger partial charge on any atom is -0.491 e. The van der Waals surface area contributed by atoms with Gasteiger partial charge in [0.05, 0.1) is 17.6 Å². The van der Waals surface area contributed by atoms with Crippen molar-refractivity contribution in [3.8, 4) is 5.75 Å². The number of aliphatic hydroxyl groups excluding tert-OH is 1. The van der Waals surface area contributed by atoms with Gasteiger partial charge in [0.15, 0.2) is 0 Å². The maximum absolute atomic E-state index is 10.6. The van der Waals surface area contributed by atoms with Crippen molar-refractivity contribution in [2.24, 2.45) is 0 Å². The first kappa shape index (κ1) is 17.1. The van der Waals surface area contributed by atoms with E-state index in [1.807, 2.05) is 42.5 Å². The Labute approximate surface area is 154 Å². The molecule has 4 nitrogen and oxygen atoms in total. The van der Waals surface area contributed by atoms with Gasteiger partial charge in [-0.3, -0.25) is 0 Å². The number of imidazole rings is 1. The maximum atomic E-state index is 10.6. The van der Waals surface area contributed by atoms with E-state index in [0.717, 1.165) is 22.6 Å².